The highest BCUT2D eigenvalue weighted by Gasteiger charge is 2.17. The number of urea groups is 1. The molecule has 3 N–H and O–H groups in total. The molecule has 1 aromatic carbocycles. The highest BCUT2D eigenvalue weighted by molar-refractivity contribution is 5.96. The zero-order valence-corrected chi connectivity index (χ0v) is 14.7. The number of benzene rings is 1. The van der Waals surface area contributed by atoms with E-state index in [0.717, 1.165) is 6.07 Å². The number of imide groups is 1. The van der Waals surface area contributed by atoms with Gasteiger partial charge in [-0.05, 0) is 31.3 Å². The summed E-state index contributed by atoms with van der Waals surface area (Å²) in [5, 5.41) is 6.55. The average molecular weight is 398 g/mol. The van der Waals surface area contributed by atoms with Crippen LogP contribution >= 0.6 is 0 Å². The number of hydrogen-bond donors (Lipinski definition) is 3. The number of nitrogens with zero attached hydrogens (tertiary/aromatic N) is 1. The molecule has 0 atom stereocenters. The van der Waals surface area contributed by atoms with Gasteiger partial charge in [0.15, 0.2) is 17.5 Å². The second-order valence-corrected chi connectivity index (χ2v) is 5.75. The van der Waals surface area contributed by atoms with E-state index in [2.05, 4.69) is 16.0 Å². The maximum absolute atomic E-state index is 13.5. The van der Waals surface area contributed by atoms with Crippen LogP contribution in [0.2, 0.25) is 0 Å². The number of carbonyl (C=O) groups excluding carboxylic acids is 3. The number of rotatable bonds is 7. The summed E-state index contributed by atoms with van der Waals surface area (Å²) in [4.78, 5) is 36.5. The van der Waals surface area contributed by atoms with Crippen LogP contribution in [0.3, 0.4) is 0 Å². The van der Waals surface area contributed by atoms with Crippen LogP contribution in [0.15, 0.2) is 34.9 Å². The molecule has 0 aliphatic heterocycles. The van der Waals surface area contributed by atoms with E-state index in [1.807, 2.05) is 0 Å². The summed E-state index contributed by atoms with van der Waals surface area (Å²) in [7, 11) is 1.40. The molecule has 0 unspecified atom stereocenters. The predicted octanol–water partition coefficient (Wildman–Crippen LogP) is 1.59. The van der Waals surface area contributed by atoms with Crippen LogP contribution in [0.4, 0.5) is 23.7 Å². The Morgan fingerprint density at radius 3 is 2.43 bits per heavy atom. The third-order valence-corrected chi connectivity index (χ3v) is 3.39. The predicted molar refractivity (Wildman–Crippen MR) is 91.5 cm³/mol. The topological polar surface area (TPSA) is 104 Å². The molecule has 1 aromatic heterocycles. The third kappa shape index (κ3) is 6.13. The number of likely N-dealkylation sites (N-methyl/N-ethyl adjacent to an activating group) is 1. The van der Waals surface area contributed by atoms with E-state index in [9.17, 15) is 27.6 Å². The minimum atomic E-state index is -1.70. The highest BCUT2D eigenvalue weighted by atomic mass is 19.2. The van der Waals surface area contributed by atoms with Crippen molar-refractivity contribution in [1.29, 1.82) is 0 Å². The fourth-order valence-electron chi connectivity index (χ4n) is 2.15. The molecule has 0 spiro atoms. The number of hydrogen-bond acceptors (Lipinski definition) is 5. The fraction of sp³-hybridized carbons (Fsp3) is 0.235. The molecule has 150 valence electrons. The number of halogens is 3. The van der Waals surface area contributed by atoms with Crippen LogP contribution in [0.5, 0.6) is 0 Å². The summed E-state index contributed by atoms with van der Waals surface area (Å²) in [6.07, 6.45) is 1.44. The molecule has 28 heavy (non-hydrogen) atoms. The second-order valence-electron chi connectivity index (χ2n) is 5.75. The van der Waals surface area contributed by atoms with E-state index in [1.165, 1.54) is 18.2 Å². The molecule has 0 radical (unpaired) electrons. The van der Waals surface area contributed by atoms with Gasteiger partial charge in [0.1, 0.15) is 5.76 Å². The van der Waals surface area contributed by atoms with Crippen LogP contribution in [-0.4, -0.2) is 42.9 Å². The molecule has 0 bridgehead atoms. The molecular formula is C17H17F3N4O4. The van der Waals surface area contributed by atoms with E-state index in [1.54, 1.807) is 12.1 Å². The van der Waals surface area contributed by atoms with Gasteiger partial charge in [0, 0.05) is 0 Å². The lowest BCUT2D eigenvalue weighted by Crippen LogP contribution is -2.44. The molecule has 2 rings (SSSR count). The zero-order valence-electron chi connectivity index (χ0n) is 14.7. The largest absolute Gasteiger partial charge is 0.467 e. The van der Waals surface area contributed by atoms with Crippen molar-refractivity contribution in [2.45, 2.75) is 6.54 Å². The van der Waals surface area contributed by atoms with Gasteiger partial charge in [-0.25, -0.2) is 18.0 Å². The number of anilines is 1. The fourth-order valence-corrected chi connectivity index (χ4v) is 2.15. The Morgan fingerprint density at radius 2 is 1.75 bits per heavy atom. The Balaban J connectivity index is 1.75. The first-order valence-corrected chi connectivity index (χ1v) is 7.98. The minimum absolute atomic E-state index is 0.0875. The van der Waals surface area contributed by atoms with Gasteiger partial charge >= 0.3 is 6.03 Å². The van der Waals surface area contributed by atoms with Crippen LogP contribution in [-0.2, 0) is 16.1 Å². The molecule has 1 heterocycles. The number of furan rings is 1. The summed E-state index contributed by atoms with van der Waals surface area (Å²) in [5.41, 5.74) is -0.529. The van der Waals surface area contributed by atoms with Crippen molar-refractivity contribution < 1.29 is 32.0 Å². The van der Waals surface area contributed by atoms with Crippen molar-refractivity contribution in [3.05, 3.63) is 53.7 Å². The summed E-state index contributed by atoms with van der Waals surface area (Å²) < 4.78 is 44.6. The van der Waals surface area contributed by atoms with E-state index in [4.69, 9.17) is 4.42 Å². The SMILES string of the molecule is CN(CC(=O)NC(=O)NCc1ccco1)CC(=O)Nc1ccc(F)c(F)c1F. The first-order valence-electron chi connectivity index (χ1n) is 7.98. The van der Waals surface area contributed by atoms with Crippen molar-refractivity contribution in [2.75, 3.05) is 25.5 Å². The van der Waals surface area contributed by atoms with E-state index < -0.39 is 41.0 Å². The molecule has 0 aliphatic rings. The van der Waals surface area contributed by atoms with Crippen molar-refractivity contribution in [1.82, 2.24) is 15.5 Å². The van der Waals surface area contributed by atoms with E-state index in [-0.39, 0.29) is 19.6 Å². The van der Waals surface area contributed by atoms with Crippen molar-refractivity contribution in [3.8, 4) is 0 Å². The van der Waals surface area contributed by atoms with Crippen molar-refractivity contribution in [2.24, 2.45) is 0 Å². The smallest absolute Gasteiger partial charge is 0.321 e. The van der Waals surface area contributed by atoms with Crippen LogP contribution < -0.4 is 16.0 Å². The monoisotopic (exact) mass is 398 g/mol. The molecule has 11 heteroatoms. The Morgan fingerprint density at radius 1 is 1.04 bits per heavy atom. The van der Waals surface area contributed by atoms with Gasteiger partial charge in [-0.1, -0.05) is 0 Å². The van der Waals surface area contributed by atoms with Crippen molar-refractivity contribution in [3.63, 3.8) is 0 Å². The summed E-state index contributed by atoms with van der Waals surface area (Å²) >= 11 is 0. The number of amides is 4. The molecule has 0 fully saturated rings. The Labute approximate surface area is 157 Å². The van der Waals surface area contributed by atoms with E-state index >= 15 is 0 Å². The van der Waals surface area contributed by atoms with Gasteiger partial charge < -0.3 is 15.1 Å². The summed E-state index contributed by atoms with van der Waals surface area (Å²) in [6.45, 7) is -0.591. The summed E-state index contributed by atoms with van der Waals surface area (Å²) in [5.74, 6) is -5.56. The molecule has 0 saturated heterocycles. The molecule has 8 nitrogen and oxygen atoms in total. The van der Waals surface area contributed by atoms with Gasteiger partial charge in [-0.15, -0.1) is 0 Å². The molecular weight excluding hydrogens is 381 g/mol. The molecule has 0 saturated carbocycles. The van der Waals surface area contributed by atoms with Gasteiger partial charge in [-0.2, -0.15) is 0 Å². The number of nitrogens with one attached hydrogen (secondary N) is 3. The van der Waals surface area contributed by atoms with Crippen LogP contribution in [0.1, 0.15) is 5.76 Å². The Hall–Kier alpha value is -3.34. The lowest BCUT2D eigenvalue weighted by atomic mass is 10.2. The van der Waals surface area contributed by atoms with Gasteiger partial charge in [0.25, 0.3) is 0 Å². The maximum atomic E-state index is 13.5. The van der Waals surface area contributed by atoms with Crippen LogP contribution in [0, 0.1) is 17.5 Å². The third-order valence-electron chi connectivity index (χ3n) is 3.39. The second kappa shape index (κ2) is 9.55. The molecule has 2 aromatic rings. The lowest BCUT2D eigenvalue weighted by Gasteiger charge is -2.16. The van der Waals surface area contributed by atoms with Crippen LogP contribution in [0.25, 0.3) is 0 Å². The molecule has 0 aliphatic carbocycles. The lowest BCUT2D eigenvalue weighted by molar-refractivity contribution is -0.122. The van der Waals surface area contributed by atoms with Crippen molar-refractivity contribution >= 4 is 23.5 Å². The first kappa shape index (κ1) is 21.0. The first-order chi connectivity index (χ1) is 13.3. The standard InChI is InChI=1S/C17H17F3N4O4/c1-24(8-13(25)22-12-5-4-11(18)15(19)16(12)20)9-14(26)23-17(27)21-7-10-3-2-6-28-10/h2-6H,7-9H2,1H3,(H,22,25)(H2,21,23,26,27). The maximum Gasteiger partial charge on any atom is 0.321 e. The normalized spacial score (nSPS) is 10.6. The van der Waals surface area contributed by atoms with E-state index in [0.29, 0.717) is 11.8 Å². The van der Waals surface area contributed by atoms with Gasteiger partial charge in [-0.3, -0.25) is 19.8 Å². The Bertz CT molecular complexity index is 858. The van der Waals surface area contributed by atoms with Gasteiger partial charge in [0.05, 0.1) is 31.6 Å². The highest BCUT2D eigenvalue weighted by Crippen LogP contribution is 2.19. The Kier molecular flexibility index (Phi) is 7.15. The summed E-state index contributed by atoms with van der Waals surface area (Å²) in [6, 6.07) is 4.09. The average Bonchev–Trinajstić information content (AvgIpc) is 3.13. The molecule has 4 amide bonds. The zero-order chi connectivity index (χ0) is 20.7. The quantitative estimate of drug-likeness (QED) is 0.615. The minimum Gasteiger partial charge on any atom is -0.467 e. The number of carbonyl (C=O) groups is 3. The van der Waals surface area contributed by atoms with Gasteiger partial charge in [0.2, 0.25) is 11.8 Å².